The molecule has 3 aliphatic heterocycles. The lowest BCUT2D eigenvalue weighted by molar-refractivity contribution is 0.668. The lowest BCUT2D eigenvalue weighted by atomic mass is 9.88. The maximum Gasteiger partial charge on any atom is 0.235 e. The molecule has 0 atom stereocenters. The van der Waals surface area contributed by atoms with E-state index in [0.717, 1.165) is 181 Å². The van der Waals surface area contributed by atoms with E-state index in [1.54, 1.807) is 34.0 Å². The molecule has 12 heterocycles. The van der Waals surface area contributed by atoms with Crippen LogP contribution in [0.2, 0.25) is 0 Å². The van der Waals surface area contributed by atoms with Gasteiger partial charge in [0, 0.05) is 112 Å². The SMILES string of the molecule is c1ccc2c3c(ccc2c1)N(c1nc(-c2ccc4c(c2)oc2ccccc24)c2sc4ccccc4c2n1)c1cccc2cccc-3c12.c1ccc2c3c(ccc2c1)N(c1nc(-c2ccc4oc5ccccc5c4c2)c2sc4ccccc4c2n1)c1cccc2cccc-3c12.c1ccc2c3c(ccc2c1)N(c1nc(-c2cccc4oc5ccccc5c24)c2sc4ccccc4c2n1)c1cccc2cccc-3c12. The Kier molecular flexibility index (Phi) is 16.7. The Balaban J connectivity index is 0.0000000972. The third-order valence-corrected chi connectivity index (χ3v) is 32.3. The summed E-state index contributed by atoms with van der Waals surface area (Å²) < 4.78 is 25.7. The maximum atomic E-state index is 6.35. The van der Waals surface area contributed by atoms with Gasteiger partial charge in [-0.2, -0.15) is 0 Å². The Bertz CT molecular complexity index is 10700. The molecule has 0 aliphatic carbocycles. The highest BCUT2D eigenvalue weighted by molar-refractivity contribution is 7.27. The molecule has 15 heteroatoms. The Hall–Kier alpha value is -18.1. The maximum absolute atomic E-state index is 6.35. The van der Waals surface area contributed by atoms with E-state index in [9.17, 15) is 0 Å². The number of rotatable bonds is 6. The molecule has 0 bridgehead atoms. The lowest BCUT2D eigenvalue weighted by Gasteiger charge is -2.33. The van der Waals surface area contributed by atoms with Crippen LogP contribution in [0.3, 0.4) is 0 Å². The molecule has 654 valence electrons. The molecule has 141 heavy (non-hydrogen) atoms. The van der Waals surface area contributed by atoms with Crippen LogP contribution in [0.15, 0.2) is 432 Å². The highest BCUT2D eigenvalue weighted by Crippen LogP contribution is 2.59. The van der Waals surface area contributed by atoms with Crippen LogP contribution in [0.25, 0.3) is 259 Å². The summed E-state index contributed by atoms with van der Waals surface area (Å²) in [6.07, 6.45) is 0. The summed E-state index contributed by atoms with van der Waals surface area (Å²) in [5.74, 6) is 1.96. The average molecular weight is 1850 g/mol. The molecule has 0 unspecified atom stereocenters. The van der Waals surface area contributed by atoms with Crippen LogP contribution in [0.4, 0.5) is 52.0 Å². The van der Waals surface area contributed by atoms with Gasteiger partial charge in [-0.15, -0.1) is 34.0 Å². The molecule has 12 nitrogen and oxygen atoms in total. The van der Waals surface area contributed by atoms with Gasteiger partial charge in [-0.25, -0.2) is 29.9 Å². The molecule has 0 spiro atoms. The first kappa shape index (κ1) is 78.1. The zero-order chi connectivity index (χ0) is 91.9. The van der Waals surface area contributed by atoms with Crippen LogP contribution < -0.4 is 14.7 Å². The summed E-state index contributed by atoms with van der Waals surface area (Å²) in [5, 5.41) is 24.5. The number of benzene rings is 21. The van der Waals surface area contributed by atoms with E-state index >= 15 is 0 Å². The van der Waals surface area contributed by atoms with Gasteiger partial charge < -0.3 is 13.3 Å². The Labute approximate surface area is 814 Å². The third-order valence-electron chi connectivity index (χ3n) is 28.8. The topological polar surface area (TPSA) is 126 Å². The van der Waals surface area contributed by atoms with Crippen molar-refractivity contribution in [1.82, 2.24) is 29.9 Å². The van der Waals surface area contributed by atoms with Crippen molar-refractivity contribution in [3.05, 3.63) is 419 Å². The first-order valence-electron chi connectivity index (χ1n) is 47.3. The van der Waals surface area contributed by atoms with Crippen LogP contribution in [0.1, 0.15) is 0 Å². The summed E-state index contributed by atoms with van der Waals surface area (Å²) in [6, 6.07) is 148. The van der Waals surface area contributed by atoms with Crippen LogP contribution in [0.5, 0.6) is 0 Å². The van der Waals surface area contributed by atoms with E-state index in [1.165, 1.54) is 112 Å². The average Bonchev–Trinajstić information content (AvgIpc) is 1.51. The van der Waals surface area contributed by atoms with Gasteiger partial charge in [-0.3, -0.25) is 14.7 Å². The molecular weight excluding hydrogens is 1780 g/mol. The predicted molar refractivity (Wildman–Crippen MR) is 589 cm³/mol. The third kappa shape index (κ3) is 11.6. The van der Waals surface area contributed by atoms with E-state index in [-0.39, 0.29) is 0 Å². The van der Waals surface area contributed by atoms with Crippen molar-refractivity contribution in [3.8, 4) is 67.2 Å². The van der Waals surface area contributed by atoms with E-state index < -0.39 is 0 Å². The van der Waals surface area contributed by atoms with Crippen molar-refractivity contribution >= 4 is 277 Å². The molecule has 33 rings (SSSR count). The molecule has 0 amide bonds. The second kappa shape index (κ2) is 30.2. The molecule has 3 aliphatic rings. The van der Waals surface area contributed by atoms with Gasteiger partial charge in [0.2, 0.25) is 17.8 Å². The Morgan fingerprint density at radius 1 is 0.184 bits per heavy atom. The summed E-state index contributed by atoms with van der Waals surface area (Å²) in [5.41, 5.74) is 27.8. The molecule has 0 radical (unpaired) electrons. The van der Waals surface area contributed by atoms with Crippen molar-refractivity contribution in [3.63, 3.8) is 0 Å². The zero-order valence-electron chi connectivity index (χ0n) is 74.8. The van der Waals surface area contributed by atoms with Crippen molar-refractivity contribution < 1.29 is 13.3 Å². The number of nitrogens with zero attached hydrogens (tertiary/aromatic N) is 9. The monoisotopic (exact) mass is 1850 g/mol. The quantitative estimate of drug-likeness (QED) is 0.157. The molecular formula is C126H69N9O3S3. The number of hydrogen-bond donors (Lipinski definition) is 0. The number of anilines is 9. The van der Waals surface area contributed by atoms with Gasteiger partial charge in [-0.1, -0.05) is 309 Å². The van der Waals surface area contributed by atoms with Crippen molar-refractivity contribution in [1.29, 1.82) is 0 Å². The molecule has 21 aromatic carbocycles. The van der Waals surface area contributed by atoms with E-state index in [0.29, 0.717) is 17.8 Å². The fourth-order valence-electron chi connectivity index (χ4n) is 22.7. The van der Waals surface area contributed by atoms with Gasteiger partial charge in [-0.05, 0) is 174 Å². The smallest absolute Gasteiger partial charge is 0.235 e. The number of thiophene rings is 3. The molecule has 30 aromatic rings. The minimum Gasteiger partial charge on any atom is -0.456 e. The lowest BCUT2D eigenvalue weighted by Crippen LogP contribution is -2.18. The minimum atomic E-state index is 0.652. The highest BCUT2D eigenvalue weighted by atomic mass is 32.1. The molecule has 0 saturated heterocycles. The second-order valence-corrected chi connectivity index (χ2v) is 39.6. The van der Waals surface area contributed by atoms with Crippen LogP contribution in [0, 0.1) is 0 Å². The minimum absolute atomic E-state index is 0.652. The van der Waals surface area contributed by atoms with E-state index in [4.69, 9.17) is 43.2 Å². The fraction of sp³-hybridized carbons (Fsp3) is 0. The number of hydrogen-bond acceptors (Lipinski definition) is 15. The van der Waals surface area contributed by atoms with Gasteiger partial charge >= 0.3 is 0 Å². The summed E-state index contributed by atoms with van der Waals surface area (Å²) >= 11 is 5.25. The molecule has 0 fully saturated rings. The van der Waals surface area contributed by atoms with Crippen molar-refractivity contribution in [2.45, 2.75) is 0 Å². The predicted octanol–water partition coefficient (Wildman–Crippen LogP) is 36.5. The van der Waals surface area contributed by atoms with Gasteiger partial charge in [0.25, 0.3) is 0 Å². The summed E-state index contributed by atoms with van der Waals surface area (Å²) in [6.45, 7) is 0. The first-order valence-corrected chi connectivity index (χ1v) is 49.7. The summed E-state index contributed by atoms with van der Waals surface area (Å²) in [7, 11) is 0. The van der Waals surface area contributed by atoms with E-state index in [2.05, 4.69) is 391 Å². The first-order chi connectivity index (χ1) is 69.9. The summed E-state index contributed by atoms with van der Waals surface area (Å²) in [4.78, 5) is 39.6. The van der Waals surface area contributed by atoms with Crippen LogP contribution >= 0.6 is 34.0 Å². The molecule has 0 N–H and O–H groups in total. The number of para-hydroxylation sites is 3. The highest BCUT2D eigenvalue weighted by Gasteiger charge is 2.36. The van der Waals surface area contributed by atoms with Crippen LogP contribution in [-0.4, -0.2) is 29.9 Å². The normalized spacial score (nSPS) is 12.6. The fourth-order valence-corrected chi connectivity index (χ4v) is 26.2. The standard InChI is InChI=1S/3C42H23N3OS/c1-2-13-26-24(10-1)22-23-32-37(26)29-16-7-11-25-12-8-18-31(36(25)29)45(32)42-43-39-28-15-4-6-21-35(28)47-41(39)40(44-42)30-17-9-20-34-38(30)27-14-3-5-19-33(27)46-34;1-2-12-27-24(9-1)20-22-33-38(27)31-15-7-10-25-11-8-16-32(37(25)31)45(33)42-43-39(41-40(44-42)30-14-4-6-18-36(30)47-41)26-19-21-29-28-13-3-5-17-34(28)46-35(29)23-26;1-2-12-27-24(9-1)19-21-33-38(27)30-15-7-10-25-11-8-16-32(37(25)30)45(33)42-43-39(41-40(44-42)29-14-4-6-18-36(29)47-41)26-20-22-35-31(23-26)28-13-3-5-17-34(28)46-35/h3*1-23H. The Morgan fingerprint density at radius 2 is 0.496 bits per heavy atom. The van der Waals surface area contributed by atoms with Gasteiger partial charge in [0.1, 0.15) is 33.5 Å². The molecule has 0 saturated carbocycles. The molecule has 9 aromatic heterocycles. The van der Waals surface area contributed by atoms with Crippen LogP contribution in [-0.2, 0) is 0 Å². The number of aromatic nitrogens is 6. The van der Waals surface area contributed by atoms with Gasteiger partial charge in [0.05, 0.1) is 81.9 Å². The van der Waals surface area contributed by atoms with Crippen molar-refractivity contribution in [2.24, 2.45) is 0 Å². The van der Waals surface area contributed by atoms with Gasteiger partial charge in [0.15, 0.2) is 0 Å². The van der Waals surface area contributed by atoms with E-state index in [1.807, 2.05) is 42.5 Å². The van der Waals surface area contributed by atoms with Crippen molar-refractivity contribution in [2.75, 3.05) is 14.7 Å². The number of fused-ring (bicyclic) bond motifs is 30. The largest absolute Gasteiger partial charge is 0.456 e. The number of furan rings is 3. The second-order valence-electron chi connectivity index (χ2n) is 36.4. The Morgan fingerprint density at radius 3 is 0.957 bits per heavy atom. The zero-order valence-corrected chi connectivity index (χ0v) is 77.3.